The Morgan fingerprint density at radius 3 is 2.73 bits per heavy atom. The molecule has 5 rings (SSSR count). The van der Waals surface area contributed by atoms with Gasteiger partial charge in [-0.15, -0.1) is 0 Å². The number of hydrogen-bond acceptors (Lipinski definition) is 6. The first-order valence-electron chi connectivity index (χ1n) is 13.2. The third-order valence-corrected chi connectivity index (χ3v) is 9.80. The number of anilines is 1. The number of aromatic hydroxyl groups is 2. The fraction of sp³-hybridized carbons (Fsp3) is 0.517. The molecule has 3 aliphatic rings. The number of fused-ring (bicyclic) bond motifs is 5. The number of benzene rings is 2. The zero-order valence-electron chi connectivity index (χ0n) is 21.1. The van der Waals surface area contributed by atoms with E-state index in [0.717, 1.165) is 25.7 Å². The molecular formula is C29H35IN2O5. The van der Waals surface area contributed by atoms with Crippen LogP contribution in [0.3, 0.4) is 0 Å². The maximum Gasteiger partial charge on any atom is 0.253 e. The second kappa shape index (κ2) is 10.4. The van der Waals surface area contributed by atoms with Gasteiger partial charge in [-0.3, -0.25) is 9.59 Å². The number of phenols is 2. The van der Waals surface area contributed by atoms with E-state index in [0.29, 0.717) is 42.3 Å². The van der Waals surface area contributed by atoms with Gasteiger partial charge in [-0.25, -0.2) is 0 Å². The molecule has 3 aliphatic carbocycles. The fourth-order valence-electron chi connectivity index (χ4n) is 7.46. The average molecular weight is 619 g/mol. The van der Waals surface area contributed by atoms with Crippen molar-refractivity contribution < 1.29 is 24.5 Å². The summed E-state index contributed by atoms with van der Waals surface area (Å²) in [6, 6.07) is 9.06. The SMILES string of the molecule is CC12CCC3c4ccc(O)cc4CCC3C1CCC2OCCCNc1ccc(C(=O)I)c(C(N)=O)c1O. The minimum absolute atomic E-state index is 0.109. The molecule has 2 aromatic rings. The highest BCUT2D eigenvalue weighted by Gasteiger charge is 2.55. The summed E-state index contributed by atoms with van der Waals surface area (Å²) in [6.45, 7) is 3.60. The Labute approximate surface area is 231 Å². The van der Waals surface area contributed by atoms with Gasteiger partial charge in [0.05, 0.1) is 17.4 Å². The van der Waals surface area contributed by atoms with Gasteiger partial charge in [-0.2, -0.15) is 0 Å². The van der Waals surface area contributed by atoms with Crippen molar-refractivity contribution in [2.75, 3.05) is 18.5 Å². The van der Waals surface area contributed by atoms with Crippen LogP contribution >= 0.6 is 22.6 Å². The summed E-state index contributed by atoms with van der Waals surface area (Å²) in [7, 11) is 0. The zero-order valence-corrected chi connectivity index (χ0v) is 23.3. The monoisotopic (exact) mass is 618 g/mol. The number of nitrogens with one attached hydrogen (secondary N) is 1. The highest BCUT2D eigenvalue weighted by molar-refractivity contribution is 14.1. The second-order valence-electron chi connectivity index (χ2n) is 11.1. The molecule has 0 saturated heterocycles. The van der Waals surface area contributed by atoms with Crippen molar-refractivity contribution in [3.63, 3.8) is 0 Å². The Balaban J connectivity index is 1.16. The normalized spacial score (nSPS) is 28.2. The summed E-state index contributed by atoms with van der Waals surface area (Å²) in [5.41, 5.74) is 8.70. The Bertz CT molecular complexity index is 1220. The Morgan fingerprint density at radius 2 is 1.97 bits per heavy atom. The van der Waals surface area contributed by atoms with Crippen LogP contribution < -0.4 is 11.1 Å². The molecule has 1 amide bonds. The summed E-state index contributed by atoms with van der Waals surface area (Å²) in [5, 5.41) is 23.5. The number of carbonyl (C=O) groups excluding carboxylic acids is 2. The van der Waals surface area contributed by atoms with E-state index >= 15 is 0 Å². The van der Waals surface area contributed by atoms with Crippen LogP contribution in [0.2, 0.25) is 0 Å². The van der Waals surface area contributed by atoms with Gasteiger partial charge in [-0.05, 0) is 104 Å². The van der Waals surface area contributed by atoms with Crippen molar-refractivity contribution in [1.29, 1.82) is 0 Å². The number of carbonyl (C=O) groups is 2. The number of phenolic OH excluding ortho intramolecular Hbond substituents is 1. The van der Waals surface area contributed by atoms with Crippen molar-refractivity contribution in [2.24, 2.45) is 23.0 Å². The topological polar surface area (TPSA) is 122 Å². The summed E-state index contributed by atoms with van der Waals surface area (Å²) in [5.74, 6) is 1.20. The van der Waals surface area contributed by atoms with E-state index in [9.17, 15) is 19.8 Å². The largest absolute Gasteiger partial charge is 0.508 e. The number of hydrogen-bond donors (Lipinski definition) is 4. The Hall–Kier alpha value is -2.33. The zero-order chi connectivity index (χ0) is 26.3. The van der Waals surface area contributed by atoms with Gasteiger partial charge in [0.15, 0.2) is 5.75 Å². The maximum atomic E-state index is 11.8. The number of rotatable bonds is 8. The first-order valence-corrected chi connectivity index (χ1v) is 14.3. The van der Waals surface area contributed by atoms with E-state index in [1.807, 2.05) is 12.1 Å². The highest BCUT2D eigenvalue weighted by Crippen LogP contribution is 2.61. The lowest BCUT2D eigenvalue weighted by molar-refractivity contribution is -0.0638. The molecule has 0 aliphatic heterocycles. The minimum atomic E-state index is -0.831. The molecule has 5 atom stereocenters. The molecule has 0 radical (unpaired) electrons. The molecule has 2 saturated carbocycles. The molecule has 5 N–H and O–H groups in total. The average Bonchev–Trinajstić information content (AvgIpc) is 3.20. The van der Waals surface area contributed by atoms with Crippen molar-refractivity contribution in [3.8, 4) is 11.5 Å². The molecule has 2 aromatic carbocycles. The van der Waals surface area contributed by atoms with E-state index in [1.54, 1.807) is 28.7 Å². The van der Waals surface area contributed by atoms with Gasteiger partial charge in [0.1, 0.15) is 5.75 Å². The number of aryl methyl sites for hydroxylation is 1. The molecule has 0 spiro atoms. The number of ether oxygens (including phenoxy) is 1. The highest BCUT2D eigenvalue weighted by atomic mass is 127. The lowest BCUT2D eigenvalue weighted by Crippen LogP contribution is -2.44. The first kappa shape index (κ1) is 26.3. The third kappa shape index (κ3) is 4.82. The van der Waals surface area contributed by atoms with Crippen LogP contribution in [-0.4, -0.2) is 39.2 Å². The van der Waals surface area contributed by atoms with Crippen LogP contribution in [0.15, 0.2) is 30.3 Å². The van der Waals surface area contributed by atoms with Crippen LogP contribution in [0.4, 0.5) is 5.69 Å². The number of primary amides is 1. The van der Waals surface area contributed by atoms with Gasteiger partial charge >= 0.3 is 0 Å². The molecule has 7 nitrogen and oxygen atoms in total. The van der Waals surface area contributed by atoms with Crippen LogP contribution in [-0.2, 0) is 11.2 Å². The van der Waals surface area contributed by atoms with Gasteiger partial charge in [-0.1, -0.05) is 13.0 Å². The number of amides is 1. The van der Waals surface area contributed by atoms with E-state index in [1.165, 1.54) is 36.5 Å². The van der Waals surface area contributed by atoms with Gasteiger partial charge in [0.2, 0.25) is 3.79 Å². The molecule has 0 bridgehead atoms. The van der Waals surface area contributed by atoms with Gasteiger partial charge in [0, 0.05) is 41.3 Å². The quantitative estimate of drug-likeness (QED) is 0.134. The molecular weight excluding hydrogens is 583 g/mol. The smallest absolute Gasteiger partial charge is 0.253 e. The Kier molecular flexibility index (Phi) is 7.42. The molecule has 2 fully saturated rings. The molecule has 0 heterocycles. The van der Waals surface area contributed by atoms with E-state index in [2.05, 4.69) is 18.3 Å². The van der Waals surface area contributed by atoms with Crippen LogP contribution in [0.1, 0.15) is 83.2 Å². The summed E-state index contributed by atoms with van der Waals surface area (Å²) >= 11 is 1.58. The third-order valence-electron chi connectivity index (χ3n) is 9.21. The molecule has 198 valence electrons. The van der Waals surface area contributed by atoms with E-state index < -0.39 is 5.91 Å². The summed E-state index contributed by atoms with van der Waals surface area (Å²) in [6.07, 6.45) is 7.88. The fourth-order valence-corrected chi connectivity index (χ4v) is 7.91. The van der Waals surface area contributed by atoms with Gasteiger partial charge < -0.3 is 26.0 Å². The predicted molar refractivity (Wildman–Crippen MR) is 151 cm³/mol. The Morgan fingerprint density at radius 1 is 1.16 bits per heavy atom. The number of nitrogens with two attached hydrogens (primary N) is 1. The number of halogens is 1. The van der Waals surface area contributed by atoms with Crippen LogP contribution in [0, 0.1) is 17.3 Å². The first-order chi connectivity index (χ1) is 17.7. The maximum absolute atomic E-state index is 11.8. The standard InChI is InChI=1S/C29H35IN2O5/c1-29-12-11-19-18-6-4-17(33)15-16(18)3-5-20(19)22(29)8-10-24(29)37-14-2-13-32-23-9-7-21(27(30)35)25(26(23)34)28(31)36/h4,6-7,9,15,19-20,22,24,32-34H,2-3,5,8,10-14H2,1H3,(H2,31,36). The van der Waals surface area contributed by atoms with Crippen molar-refractivity contribution in [2.45, 2.75) is 63.9 Å². The minimum Gasteiger partial charge on any atom is -0.508 e. The molecule has 5 unspecified atom stereocenters. The van der Waals surface area contributed by atoms with Gasteiger partial charge in [0.25, 0.3) is 5.91 Å². The van der Waals surface area contributed by atoms with Crippen LogP contribution in [0.5, 0.6) is 11.5 Å². The molecule has 8 heteroatoms. The predicted octanol–water partition coefficient (Wildman–Crippen LogP) is 5.52. The lowest BCUT2D eigenvalue weighted by atomic mass is 9.55. The lowest BCUT2D eigenvalue weighted by Gasteiger charge is -2.50. The molecule has 0 aromatic heterocycles. The second-order valence-corrected chi connectivity index (χ2v) is 12.1. The van der Waals surface area contributed by atoms with E-state index in [-0.39, 0.29) is 32.2 Å². The summed E-state index contributed by atoms with van der Waals surface area (Å²) in [4.78, 5) is 23.5. The van der Waals surface area contributed by atoms with Crippen molar-refractivity contribution >= 4 is 38.0 Å². The molecule has 37 heavy (non-hydrogen) atoms. The summed E-state index contributed by atoms with van der Waals surface area (Å²) < 4.78 is 6.11. The van der Waals surface area contributed by atoms with Crippen LogP contribution in [0.25, 0.3) is 0 Å². The van der Waals surface area contributed by atoms with Crippen molar-refractivity contribution in [3.05, 3.63) is 52.6 Å². The van der Waals surface area contributed by atoms with Crippen molar-refractivity contribution in [1.82, 2.24) is 0 Å². The van der Waals surface area contributed by atoms with E-state index in [4.69, 9.17) is 10.5 Å².